The summed E-state index contributed by atoms with van der Waals surface area (Å²) in [7, 11) is -2.86. The highest BCUT2D eigenvalue weighted by atomic mass is 32.3. The fourth-order valence-electron chi connectivity index (χ4n) is 4.93. The van der Waals surface area contributed by atoms with Gasteiger partial charge in [-0.15, -0.1) is 10.8 Å². The minimum atomic E-state index is -2.86. The quantitative estimate of drug-likeness (QED) is 0.397. The summed E-state index contributed by atoms with van der Waals surface area (Å²) in [4.78, 5) is 13.4. The van der Waals surface area contributed by atoms with Crippen LogP contribution in [-0.4, -0.2) is 51.1 Å². The van der Waals surface area contributed by atoms with E-state index in [4.69, 9.17) is 5.73 Å². The molecule has 0 aromatic heterocycles. The summed E-state index contributed by atoms with van der Waals surface area (Å²) in [6.45, 7) is 0.597. The van der Waals surface area contributed by atoms with E-state index in [0.717, 1.165) is 36.8 Å². The molecule has 1 aliphatic carbocycles. The van der Waals surface area contributed by atoms with Gasteiger partial charge in [0.15, 0.2) is 0 Å². The molecule has 0 unspecified atom stereocenters. The summed E-state index contributed by atoms with van der Waals surface area (Å²) >= 11 is 0. The van der Waals surface area contributed by atoms with E-state index in [0.29, 0.717) is 42.3 Å². The maximum Gasteiger partial charge on any atom is 0.251 e. The van der Waals surface area contributed by atoms with Gasteiger partial charge in [0.05, 0.1) is 23.6 Å². The van der Waals surface area contributed by atoms with Crippen LogP contribution in [0.1, 0.15) is 59.5 Å². The number of rotatable bonds is 8. The molecule has 6 N–H and O–H groups in total. The summed E-state index contributed by atoms with van der Waals surface area (Å²) in [5.41, 5.74) is 8.94. The zero-order valence-corrected chi connectivity index (χ0v) is 19.7. The van der Waals surface area contributed by atoms with Crippen molar-refractivity contribution in [1.29, 1.82) is 0 Å². The number of hydrogen-bond donors (Lipinski definition) is 5. The molecule has 1 saturated carbocycles. The third-order valence-electron chi connectivity index (χ3n) is 6.77. The fraction of sp³-hybridized carbons (Fsp3) is 0.480. The number of aliphatic hydroxyl groups excluding tert-OH is 1. The predicted octanol–water partition coefficient (Wildman–Crippen LogP) is 3.88. The minimum Gasteiger partial charge on any atom is -0.390 e. The number of amides is 1. The normalized spacial score (nSPS) is 21.0. The summed E-state index contributed by atoms with van der Waals surface area (Å²) in [6, 6.07) is 14.8. The Balaban J connectivity index is 1.62. The van der Waals surface area contributed by atoms with Gasteiger partial charge in [0, 0.05) is 18.7 Å². The maximum atomic E-state index is 13.4. The minimum absolute atomic E-state index is 0.0415. The van der Waals surface area contributed by atoms with Gasteiger partial charge >= 0.3 is 0 Å². The van der Waals surface area contributed by atoms with Crippen molar-refractivity contribution in [3.63, 3.8) is 0 Å². The van der Waals surface area contributed by atoms with E-state index >= 15 is 0 Å². The average Bonchev–Trinajstić information content (AvgIpc) is 3.48. The Morgan fingerprint density at radius 2 is 1.85 bits per heavy atom. The molecule has 8 heteroatoms. The van der Waals surface area contributed by atoms with Crippen LogP contribution in [0, 0.1) is 0 Å². The average molecular weight is 474 g/mol. The number of nitrogens with two attached hydrogens (primary N) is 1. The lowest BCUT2D eigenvalue weighted by Gasteiger charge is -2.38. The van der Waals surface area contributed by atoms with Gasteiger partial charge in [-0.25, -0.2) is 0 Å². The van der Waals surface area contributed by atoms with Gasteiger partial charge in [0.2, 0.25) is 0 Å². The molecule has 180 valence electrons. The lowest BCUT2D eigenvalue weighted by atomic mass is 9.94. The van der Waals surface area contributed by atoms with Crippen molar-refractivity contribution in [2.24, 2.45) is 5.73 Å². The first-order chi connectivity index (χ1) is 15.9. The monoisotopic (exact) mass is 473 g/mol. The molecular formula is C25H35N3O4S. The van der Waals surface area contributed by atoms with Crippen LogP contribution in [0.25, 0.3) is 0 Å². The molecule has 1 heterocycles. The Bertz CT molecular complexity index is 950. The SMILES string of the molecule is NC[C@@H](O)[C@H](Cc1ccccc1)NC(=O)c1cc(C2CCCC2)cc(N2CCCS2(O)O)c1. The first-order valence-corrected chi connectivity index (χ1v) is 13.5. The second kappa shape index (κ2) is 10.4. The van der Waals surface area contributed by atoms with Crippen LogP contribution in [0.5, 0.6) is 0 Å². The van der Waals surface area contributed by atoms with Crippen LogP contribution >= 0.6 is 10.8 Å². The smallest absolute Gasteiger partial charge is 0.251 e. The van der Waals surface area contributed by atoms with E-state index in [2.05, 4.69) is 5.32 Å². The maximum absolute atomic E-state index is 13.4. The summed E-state index contributed by atoms with van der Waals surface area (Å²) in [5, 5.41) is 13.5. The number of nitrogens with zero attached hydrogens (tertiary/aromatic N) is 1. The van der Waals surface area contributed by atoms with E-state index in [1.807, 2.05) is 42.5 Å². The Kier molecular flexibility index (Phi) is 7.61. The summed E-state index contributed by atoms with van der Waals surface area (Å²) < 4.78 is 22.7. The molecule has 1 aliphatic heterocycles. The Hall–Kier alpha value is -2.10. The lowest BCUT2D eigenvalue weighted by Crippen LogP contribution is -2.47. The molecule has 4 rings (SSSR count). The molecule has 0 radical (unpaired) electrons. The third-order valence-corrected chi connectivity index (χ3v) is 8.71. The van der Waals surface area contributed by atoms with E-state index in [-0.39, 0.29) is 12.5 Å². The van der Waals surface area contributed by atoms with Gasteiger partial charge in [0.1, 0.15) is 0 Å². The number of aliphatic hydroxyl groups is 1. The van der Waals surface area contributed by atoms with E-state index in [1.54, 1.807) is 10.4 Å². The van der Waals surface area contributed by atoms with E-state index in [1.165, 1.54) is 0 Å². The van der Waals surface area contributed by atoms with E-state index < -0.39 is 22.9 Å². The molecule has 0 bridgehead atoms. The topological polar surface area (TPSA) is 119 Å². The van der Waals surface area contributed by atoms with Crippen LogP contribution in [0.15, 0.2) is 48.5 Å². The van der Waals surface area contributed by atoms with Gasteiger partial charge in [0.25, 0.3) is 5.91 Å². The third kappa shape index (κ3) is 5.70. The van der Waals surface area contributed by atoms with Crippen molar-refractivity contribution in [3.8, 4) is 0 Å². The second-order valence-corrected chi connectivity index (χ2v) is 11.3. The van der Waals surface area contributed by atoms with Crippen LogP contribution in [0.2, 0.25) is 0 Å². The molecule has 7 nitrogen and oxygen atoms in total. The highest BCUT2D eigenvalue weighted by Crippen LogP contribution is 2.51. The largest absolute Gasteiger partial charge is 0.390 e. The highest BCUT2D eigenvalue weighted by molar-refractivity contribution is 8.25. The van der Waals surface area contributed by atoms with Crippen LogP contribution in [0.3, 0.4) is 0 Å². The zero-order chi connectivity index (χ0) is 23.4. The number of benzene rings is 2. The fourth-order valence-corrected chi connectivity index (χ4v) is 6.53. The number of carbonyl (C=O) groups is 1. The van der Waals surface area contributed by atoms with Gasteiger partial charge in [-0.1, -0.05) is 43.2 Å². The van der Waals surface area contributed by atoms with Gasteiger partial charge in [-0.05, 0) is 60.9 Å². The Morgan fingerprint density at radius 3 is 2.48 bits per heavy atom. The second-order valence-electron chi connectivity index (χ2n) is 9.16. The molecule has 1 saturated heterocycles. The van der Waals surface area contributed by atoms with Crippen molar-refractivity contribution >= 4 is 22.4 Å². The number of nitrogens with one attached hydrogen (secondary N) is 1. The predicted molar refractivity (Wildman–Crippen MR) is 134 cm³/mol. The molecule has 2 fully saturated rings. The lowest BCUT2D eigenvalue weighted by molar-refractivity contribution is 0.0845. The number of carbonyl (C=O) groups excluding carboxylic acids is 1. The molecule has 2 aromatic rings. The van der Waals surface area contributed by atoms with Crippen LogP contribution in [0.4, 0.5) is 5.69 Å². The Morgan fingerprint density at radius 1 is 1.12 bits per heavy atom. The Labute approximate surface area is 197 Å². The molecule has 33 heavy (non-hydrogen) atoms. The molecule has 1 amide bonds. The molecule has 0 spiro atoms. The zero-order valence-electron chi connectivity index (χ0n) is 18.9. The van der Waals surface area contributed by atoms with Crippen molar-refractivity contribution in [2.45, 2.75) is 56.6 Å². The van der Waals surface area contributed by atoms with Crippen LogP contribution in [-0.2, 0) is 6.42 Å². The van der Waals surface area contributed by atoms with Crippen molar-refractivity contribution in [1.82, 2.24) is 5.32 Å². The molecule has 2 aliphatic rings. The van der Waals surface area contributed by atoms with E-state index in [9.17, 15) is 19.0 Å². The highest BCUT2D eigenvalue weighted by Gasteiger charge is 2.31. The molecule has 2 atom stereocenters. The molecule has 2 aromatic carbocycles. The van der Waals surface area contributed by atoms with Gasteiger partial charge in [-0.2, -0.15) is 0 Å². The van der Waals surface area contributed by atoms with Crippen molar-refractivity contribution in [3.05, 3.63) is 65.2 Å². The summed E-state index contributed by atoms with van der Waals surface area (Å²) in [6.07, 6.45) is 4.77. The first kappa shape index (κ1) is 24.0. The first-order valence-electron chi connectivity index (χ1n) is 11.8. The van der Waals surface area contributed by atoms with Gasteiger partial charge in [-0.3, -0.25) is 18.2 Å². The number of anilines is 1. The van der Waals surface area contributed by atoms with Gasteiger partial charge < -0.3 is 16.2 Å². The summed E-state index contributed by atoms with van der Waals surface area (Å²) in [5.74, 6) is 0.431. The standard InChI is InChI=1S/C25H35N3O4S/c26-17-24(29)23(13-18-7-2-1-3-8-18)27-25(30)21-14-20(19-9-4-5-10-19)15-22(16-21)28-11-6-12-33(28,31)32/h1-3,7-8,14-16,19,23-24,29,31-32H,4-6,9-13,17,26H2,(H,27,30)/t23-,24+/m0/s1. The number of hydrogen-bond acceptors (Lipinski definition) is 6. The molecular weight excluding hydrogens is 438 g/mol. The van der Waals surface area contributed by atoms with Crippen LogP contribution < -0.4 is 15.4 Å². The van der Waals surface area contributed by atoms with Crippen molar-refractivity contribution < 1.29 is 19.0 Å². The van der Waals surface area contributed by atoms with Crippen molar-refractivity contribution in [2.75, 3.05) is 23.1 Å².